The van der Waals surface area contributed by atoms with Gasteiger partial charge in [-0.2, -0.15) is 0 Å². The summed E-state index contributed by atoms with van der Waals surface area (Å²) in [7, 11) is 0. The highest BCUT2D eigenvalue weighted by atomic mass is 35.5. The average molecular weight is 455 g/mol. The smallest absolute Gasteiger partial charge is 0.341 e. The van der Waals surface area contributed by atoms with Crippen LogP contribution >= 0.6 is 22.9 Å². The van der Waals surface area contributed by atoms with Crippen LogP contribution in [0.2, 0.25) is 5.02 Å². The number of esters is 1. The van der Waals surface area contributed by atoms with Crippen molar-refractivity contribution in [1.82, 2.24) is 4.98 Å². The second-order valence-corrected chi connectivity index (χ2v) is 9.56. The highest BCUT2D eigenvalue weighted by Crippen LogP contribution is 2.39. The maximum absolute atomic E-state index is 13.6. The maximum Gasteiger partial charge on any atom is 0.341 e. The summed E-state index contributed by atoms with van der Waals surface area (Å²) in [6, 6.07) is 5.47. The van der Waals surface area contributed by atoms with Crippen molar-refractivity contribution in [3.63, 3.8) is 0 Å². The van der Waals surface area contributed by atoms with Gasteiger partial charge in [0.15, 0.2) is 0 Å². The number of fused-ring (bicyclic) bond motifs is 3. The van der Waals surface area contributed by atoms with E-state index >= 15 is 0 Å². The normalized spacial score (nSPS) is 14.9. The number of thiophene rings is 1. The number of aromatic nitrogens is 1. The van der Waals surface area contributed by atoms with Gasteiger partial charge in [-0.1, -0.05) is 11.6 Å². The second kappa shape index (κ2) is 8.24. The predicted molar refractivity (Wildman–Crippen MR) is 124 cm³/mol. The van der Waals surface area contributed by atoms with Gasteiger partial charge in [-0.15, -0.1) is 11.3 Å². The van der Waals surface area contributed by atoms with Crippen molar-refractivity contribution in [2.75, 3.05) is 11.9 Å². The molecule has 1 amide bonds. The molecule has 3 aromatic rings. The highest BCUT2D eigenvalue weighted by molar-refractivity contribution is 7.17. The first-order valence-corrected chi connectivity index (χ1v) is 12.0. The first-order chi connectivity index (χ1) is 15.1. The number of ether oxygens (including phenoxy) is 1. The minimum absolute atomic E-state index is 0.211. The third kappa shape index (κ3) is 3.62. The second-order valence-electron chi connectivity index (χ2n) is 8.02. The minimum Gasteiger partial charge on any atom is -0.462 e. The molecule has 0 saturated carbocycles. The number of amides is 1. The largest absolute Gasteiger partial charge is 0.462 e. The number of anilines is 1. The van der Waals surface area contributed by atoms with Gasteiger partial charge in [0.25, 0.3) is 5.91 Å². The van der Waals surface area contributed by atoms with Gasteiger partial charge in [0.05, 0.1) is 23.3 Å². The van der Waals surface area contributed by atoms with Crippen LogP contribution in [0.4, 0.5) is 5.00 Å². The molecule has 0 unspecified atom stereocenters. The molecule has 5 rings (SSSR count). The van der Waals surface area contributed by atoms with E-state index in [1.807, 2.05) is 12.1 Å². The SMILES string of the molecule is CCOC(=O)c1c(NC(=O)c2c3c(nc4ccc(Cl)cc24)CCC3)sc2c1CCCC2. The fourth-order valence-corrected chi connectivity index (χ4v) is 6.18. The number of hydrogen-bond donors (Lipinski definition) is 1. The van der Waals surface area contributed by atoms with Crippen LogP contribution in [-0.2, 0) is 30.4 Å². The zero-order valence-corrected chi connectivity index (χ0v) is 18.9. The lowest BCUT2D eigenvalue weighted by molar-refractivity contribution is 0.0526. The van der Waals surface area contributed by atoms with Crippen LogP contribution in [0.25, 0.3) is 10.9 Å². The van der Waals surface area contributed by atoms with Crippen molar-refractivity contribution in [1.29, 1.82) is 0 Å². The molecule has 1 N–H and O–H groups in total. The molecule has 0 fully saturated rings. The lowest BCUT2D eigenvalue weighted by Gasteiger charge is -2.14. The summed E-state index contributed by atoms with van der Waals surface area (Å²) in [5, 5.41) is 4.99. The molecule has 2 aromatic heterocycles. The number of pyridine rings is 1. The Labute approximate surface area is 189 Å². The van der Waals surface area contributed by atoms with E-state index in [0.29, 0.717) is 27.8 Å². The Morgan fingerprint density at radius 3 is 2.74 bits per heavy atom. The standard InChI is InChI=1S/C24H23ClN2O3S/c1-2-30-24(29)21-15-6-3-4-9-19(15)31-23(21)27-22(28)20-14-7-5-8-17(14)26-18-11-10-13(25)12-16(18)20/h10-12H,2-9H2,1H3,(H,27,28). The third-order valence-electron chi connectivity index (χ3n) is 6.08. The van der Waals surface area contributed by atoms with Crippen molar-refractivity contribution < 1.29 is 14.3 Å². The molecule has 0 aliphatic heterocycles. The van der Waals surface area contributed by atoms with Crippen molar-refractivity contribution in [2.24, 2.45) is 0 Å². The van der Waals surface area contributed by atoms with E-state index in [-0.39, 0.29) is 11.9 Å². The van der Waals surface area contributed by atoms with Gasteiger partial charge in [-0.05, 0) is 81.2 Å². The molecule has 0 bridgehead atoms. The van der Waals surface area contributed by atoms with Gasteiger partial charge in [-0.25, -0.2) is 4.79 Å². The van der Waals surface area contributed by atoms with E-state index in [4.69, 9.17) is 21.3 Å². The van der Waals surface area contributed by atoms with Gasteiger partial charge in [0.1, 0.15) is 5.00 Å². The Hall–Kier alpha value is -2.44. The number of halogens is 1. The Balaban J connectivity index is 1.60. The zero-order valence-electron chi connectivity index (χ0n) is 17.3. The van der Waals surface area contributed by atoms with Crippen LogP contribution in [-0.4, -0.2) is 23.5 Å². The van der Waals surface area contributed by atoms with Crippen LogP contribution in [0.5, 0.6) is 0 Å². The first kappa shape index (κ1) is 20.5. The van der Waals surface area contributed by atoms with Gasteiger partial charge < -0.3 is 10.1 Å². The molecule has 7 heteroatoms. The van der Waals surface area contributed by atoms with Gasteiger partial charge in [0, 0.05) is 21.0 Å². The van der Waals surface area contributed by atoms with Gasteiger partial charge >= 0.3 is 5.97 Å². The topological polar surface area (TPSA) is 68.3 Å². The summed E-state index contributed by atoms with van der Waals surface area (Å²) in [6.45, 7) is 2.10. The average Bonchev–Trinajstić information content (AvgIpc) is 3.35. The zero-order chi connectivity index (χ0) is 21.5. The number of hydrogen-bond acceptors (Lipinski definition) is 5. The molecule has 31 heavy (non-hydrogen) atoms. The first-order valence-electron chi connectivity index (χ1n) is 10.8. The fourth-order valence-electron chi connectivity index (χ4n) is 4.73. The number of carbonyl (C=O) groups is 2. The molecule has 5 nitrogen and oxygen atoms in total. The van der Waals surface area contributed by atoms with E-state index in [0.717, 1.165) is 72.7 Å². The number of carbonyl (C=O) groups excluding carboxylic acids is 2. The van der Waals surface area contributed by atoms with E-state index in [1.165, 1.54) is 16.2 Å². The minimum atomic E-state index is -0.356. The number of rotatable bonds is 4. The van der Waals surface area contributed by atoms with Crippen molar-refractivity contribution in [2.45, 2.75) is 51.9 Å². The molecule has 1 aromatic carbocycles. The molecule has 2 heterocycles. The van der Waals surface area contributed by atoms with E-state index in [1.54, 1.807) is 13.0 Å². The number of nitrogens with one attached hydrogen (secondary N) is 1. The van der Waals surface area contributed by atoms with Crippen molar-refractivity contribution in [3.8, 4) is 0 Å². The lowest BCUT2D eigenvalue weighted by atomic mass is 9.95. The van der Waals surface area contributed by atoms with E-state index < -0.39 is 0 Å². The van der Waals surface area contributed by atoms with E-state index in [2.05, 4.69) is 5.32 Å². The van der Waals surface area contributed by atoms with Crippen LogP contribution in [0.1, 0.15) is 68.6 Å². The molecule has 2 aliphatic carbocycles. The summed E-state index contributed by atoms with van der Waals surface area (Å²) >= 11 is 7.76. The Kier molecular flexibility index (Phi) is 5.44. The number of nitrogens with zero attached hydrogens (tertiary/aromatic N) is 1. The predicted octanol–water partition coefficient (Wildman–Crippen LogP) is 5.75. The summed E-state index contributed by atoms with van der Waals surface area (Å²) in [6.07, 6.45) is 6.60. The van der Waals surface area contributed by atoms with Crippen LogP contribution in [0, 0.1) is 0 Å². The summed E-state index contributed by atoms with van der Waals surface area (Å²) in [5.41, 5.74) is 4.94. The van der Waals surface area contributed by atoms with E-state index in [9.17, 15) is 9.59 Å². The Bertz CT molecular complexity index is 1220. The van der Waals surface area contributed by atoms with Crippen molar-refractivity contribution >= 4 is 50.7 Å². The number of aryl methyl sites for hydroxylation is 2. The third-order valence-corrected chi connectivity index (χ3v) is 7.52. The van der Waals surface area contributed by atoms with Crippen LogP contribution in [0.3, 0.4) is 0 Å². The summed E-state index contributed by atoms with van der Waals surface area (Å²) in [5.74, 6) is -0.568. The monoisotopic (exact) mass is 454 g/mol. The molecule has 160 valence electrons. The van der Waals surface area contributed by atoms with Gasteiger partial charge in [0.2, 0.25) is 0 Å². The molecule has 0 atom stereocenters. The Morgan fingerprint density at radius 2 is 1.90 bits per heavy atom. The summed E-state index contributed by atoms with van der Waals surface area (Å²) < 4.78 is 5.33. The molecular formula is C24H23ClN2O3S. The highest BCUT2D eigenvalue weighted by Gasteiger charge is 2.29. The summed E-state index contributed by atoms with van der Waals surface area (Å²) in [4.78, 5) is 32.3. The van der Waals surface area contributed by atoms with Crippen molar-refractivity contribution in [3.05, 3.63) is 56.0 Å². The number of benzene rings is 1. The van der Waals surface area contributed by atoms with Crippen LogP contribution < -0.4 is 5.32 Å². The molecule has 0 spiro atoms. The quantitative estimate of drug-likeness (QED) is 0.510. The Morgan fingerprint density at radius 1 is 1.10 bits per heavy atom. The van der Waals surface area contributed by atoms with Crippen LogP contribution in [0.15, 0.2) is 18.2 Å². The fraction of sp³-hybridized carbons (Fsp3) is 0.375. The lowest BCUT2D eigenvalue weighted by Crippen LogP contribution is -2.18. The van der Waals surface area contributed by atoms with Gasteiger partial charge in [-0.3, -0.25) is 9.78 Å². The molecule has 0 radical (unpaired) electrons. The molecular weight excluding hydrogens is 432 g/mol. The maximum atomic E-state index is 13.6. The molecule has 0 saturated heterocycles. The molecule has 2 aliphatic rings.